The lowest BCUT2D eigenvalue weighted by atomic mass is 10.0. The Morgan fingerprint density at radius 3 is 1.90 bits per heavy atom. The summed E-state index contributed by atoms with van der Waals surface area (Å²) in [6, 6.07) is -6.73. The second kappa shape index (κ2) is 25.8. The van der Waals surface area contributed by atoms with Crippen LogP contribution in [0.15, 0.2) is 0 Å². The summed E-state index contributed by atoms with van der Waals surface area (Å²) in [5.74, 6) is -8.07. The molecule has 0 spiro atoms. The molecule has 1 saturated heterocycles. The van der Waals surface area contributed by atoms with E-state index in [4.69, 9.17) is 17.2 Å². The molecule has 0 saturated carbocycles. The summed E-state index contributed by atoms with van der Waals surface area (Å²) in [5.41, 5.74) is 16.0. The third-order valence-corrected chi connectivity index (χ3v) is 9.15. The predicted octanol–water partition coefficient (Wildman–Crippen LogP) is -4.21. The summed E-state index contributed by atoms with van der Waals surface area (Å²) in [4.78, 5) is 127. The Kier molecular flexibility index (Phi) is 22.5. The minimum atomic E-state index is -1.21. The van der Waals surface area contributed by atoms with Crippen LogP contribution in [0.1, 0.15) is 86.0 Å². The first-order valence-corrected chi connectivity index (χ1v) is 19.5. The highest BCUT2D eigenvalue weighted by atomic mass is 16.4. The summed E-state index contributed by atoms with van der Waals surface area (Å²) < 4.78 is 0. The van der Waals surface area contributed by atoms with E-state index in [0.717, 1.165) is 0 Å². The van der Waals surface area contributed by atoms with Crippen LogP contribution in [0.2, 0.25) is 0 Å². The Hall–Kier alpha value is -5.38. The highest BCUT2D eigenvalue weighted by Gasteiger charge is 2.36. The van der Waals surface area contributed by atoms with E-state index in [1.807, 2.05) is 0 Å². The molecule has 0 radical (unpaired) electrons. The lowest BCUT2D eigenvalue weighted by Crippen LogP contribution is -2.57. The molecule has 0 bridgehead atoms. The van der Waals surface area contributed by atoms with Crippen LogP contribution in [0.5, 0.6) is 0 Å². The molecule has 0 unspecified atom stereocenters. The number of nitrogens with zero attached hydrogens (tertiary/aromatic N) is 1. The molecule has 1 aliphatic heterocycles. The fraction of sp³-hybridized carbons (Fsp3) is 0.722. The van der Waals surface area contributed by atoms with E-state index in [-0.39, 0.29) is 38.1 Å². The van der Waals surface area contributed by atoms with Crippen molar-refractivity contribution in [3.05, 3.63) is 0 Å². The third kappa shape index (κ3) is 18.3. The molecule has 0 aromatic carbocycles. The van der Waals surface area contributed by atoms with Gasteiger partial charge in [0.05, 0.1) is 19.6 Å². The molecular formula is C36H63N11O11. The van der Waals surface area contributed by atoms with Gasteiger partial charge >= 0.3 is 5.97 Å². The minimum Gasteiger partial charge on any atom is -0.480 e. The number of carbonyl (C=O) groups is 10. The summed E-state index contributed by atoms with van der Waals surface area (Å²) in [7, 11) is 0. The summed E-state index contributed by atoms with van der Waals surface area (Å²) in [5, 5.41) is 26.8. The number of amides is 9. The van der Waals surface area contributed by atoms with Gasteiger partial charge in [-0.15, -0.1) is 0 Å². The zero-order chi connectivity index (χ0) is 44.1. The molecule has 22 nitrogen and oxygen atoms in total. The zero-order valence-corrected chi connectivity index (χ0v) is 34.0. The van der Waals surface area contributed by atoms with E-state index in [1.54, 1.807) is 27.7 Å². The van der Waals surface area contributed by atoms with E-state index < -0.39 is 121 Å². The molecule has 14 N–H and O–H groups in total. The number of hydrogen-bond donors (Lipinski definition) is 11. The van der Waals surface area contributed by atoms with Gasteiger partial charge in [0.25, 0.3) is 0 Å². The van der Waals surface area contributed by atoms with Gasteiger partial charge in [0.15, 0.2) is 0 Å². The summed E-state index contributed by atoms with van der Waals surface area (Å²) >= 11 is 0. The van der Waals surface area contributed by atoms with E-state index >= 15 is 0 Å². The van der Waals surface area contributed by atoms with Gasteiger partial charge in [-0.3, -0.25) is 43.2 Å². The van der Waals surface area contributed by atoms with E-state index in [2.05, 4.69) is 37.2 Å². The van der Waals surface area contributed by atoms with Crippen LogP contribution in [0.4, 0.5) is 0 Å². The van der Waals surface area contributed by atoms with Crippen molar-refractivity contribution in [1.29, 1.82) is 0 Å². The van der Waals surface area contributed by atoms with Gasteiger partial charge in [-0.05, 0) is 70.3 Å². The lowest BCUT2D eigenvalue weighted by molar-refractivity contribution is -0.144. The largest absolute Gasteiger partial charge is 0.480 e. The standard InChI is InChI=1S/C36H63N11O11/c1-19(2)15-24(44-28(50)17-40-35(56)30(20(3)4)46-32(53)22(11-12-26(39)48)43-27(49)16-38)33(54)42-21(5)31(52)41-18-29(51)47-14-8-10-25(47)34(55)45-23(36(57)58)9-6-7-13-37/h19-25,30H,6-18,37-38H2,1-5H3,(H2,39,48)(H,40,56)(H,41,52)(H,42,54)(H,43,49)(H,44,50)(H,45,55)(H,46,53)(H,57,58)/t21-,22-,23-,24-,25-,30-/m0/s1. The van der Waals surface area contributed by atoms with Crippen LogP contribution >= 0.6 is 0 Å². The monoisotopic (exact) mass is 825 g/mol. The Bertz CT molecular complexity index is 1480. The van der Waals surface area contributed by atoms with E-state index in [9.17, 15) is 53.1 Å². The fourth-order valence-corrected chi connectivity index (χ4v) is 5.98. The second-order valence-electron chi connectivity index (χ2n) is 14.9. The number of carbonyl (C=O) groups excluding carboxylic acids is 9. The van der Waals surface area contributed by atoms with Crippen molar-refractivity contribution >= 4 is 59.1 Å². The first kappa shape index (κ1) is 50.6. The number of hydrogen-bond acceptors (Lipinski definition) is 12. The molecule has 328 valence electrons. The van der Waals surface area contributed by atoms with Gasteiger partial charge in [-0.2, -0.15) is 0 Å². The highest BCUT2D eigenvalue weighted by Crippen LogP contribution is 2.18. The van der Waals surface area contributed by atoms with Crippen LogP contribution < -0.4 is 54.4 Å². The van der Waals surface area contributed by atoms with Crippen molar-refractivity contribution < 1.29 is 53.1 Å². The highest BCUT2D eigenvalue weighted by molar-refractivity contribution is 5.96. The molecular weight excluding hydrogens is 762 g/mol. The molecule has 1 fully saturated rings. The molecule has 9 amide bonds. The zero-order valence-electron chi connectivity index (χ0n) is 34.0. The quantitative estimate of drug-likeness (QED) is 0.0369. The summed E-state index contributed by atoms with van der Waals surface area (Å²) in [6.45, 7) is 7.32. The van der Waals surface area contributed by atoms with Crippen LogP contribution in [-0.2, 0) is 47.9 Å². The van der Waals surface area contributed by atoms with Crippen LogP contribution in [0, 0.1) is 11.8 Å². The molecule has 22 heteroatoms. The van der Waals surface area contributed by atoms with Crippen molar-refractivity contribution in [2.24, 2.45) is 29.0 Å². The average Bonchev–Trinajstić information content (AvgIpc) is 3.65. The number of aliphatic carboxylic acids is 1. The Morgan fingerprint density at radius 1 is 0.707 bits per heavy atom. The van der Waals surface area contributed by atoms with Crippen molar-refractivity contribution in [1.82, 2.24) is 42.1 Å². The minimum absolute atomic E-state index is 0.0995. The molecule has 6 atom stereocenters. The first-order valence-electron chi connectivity index (χ1n) is 19.5. The Morgan fingerprint density at radius 2 is 1.33 bits per heavy atom. The smallest absolute Gasteiger partial charge is 0.326 e. The SMILES string of the molecule is CC(C)C[C@H](NC(=O)CNC(=O)[C@@H](NC(=O)[C@H](CCC(N)=O)NC(=O)CN)C(C)C)C(=O)N[C@@H](C)C(=O)NCC(=O)N1CCC[C@H]1C(=O)N[C@@H](CCCCN)C(=O)O. The number of rotatable bonds is 26. The fourth-order valence-electron chi connectivity index (χ4n) is 5.98. The number of unbranched alkanes of at least 4 members (excludes halogenated alkanes) is 1. The average molecular weight is 826 g/mol. The van der Waals surface area contributed by atoms with Gasteiger partial charge in [0.2, 0.25) is 53.2 Å². The van der Waals surface area contributed by atoms with Gasteiger partial charge in [-0.1, -0.05) is 27.7 Å². The van der Waals surface area contributed by atoms with Crippen molar-refractivity contribution in [3.8, 4) is 0 Å². The number of primary amides is 1. The predicted molar refractivity (Wildman–Crippen MR) is 208 cm³/mol. The Balaban J connectivity index is 2.80. The number of likely N-dealkylation sites (tertiary alicyclic amines) is 1. The van der Waals surface area contributed by atoms with Gasteiger partial charge in [-0.25, -0.2) is 4.79 Å². The molecule has 1 aliphatic rings. The maximum atomic E-state index is 13.3. The maximum Gasteiger partial charge on any atom is 0.326 e. The number of nitrogens with two attached hydrogens (primary N) is 3. The van der Waals surface area contributed by atoms with Crippen LogP contribution in [0.25, 0.3) is 0 Å². The van der Waals surface area contributed by atoms with Crippen molar-refractivity contribution in [2.45, 2.75) is 122 Å². The molecule has 1 rings (SSSR count). The Labute approximate surface area is 338 Å². The topological polar surface area (TPSA) is 356 Å². The normalized spacial score (nSPS) is 16.2. The van der Waals surface area contributed by atoms with E-state index in [1.165, 1.54) is 11.8 Å². The number of nitrogens with one attached hydrogen (secondary N) is 7. The van der Waals surface area contributed by atoms with E-state index in [0.29, 0.717) is 32.2 Å². The number of carboxylic acid groups (broad SMARTS) is 1. The molecule has 0 aromatic rings. The second-order valence-corrected chi connectivity index (χ2v) is 14.9. The third-order valence-electron chi connectivity index (χ3n) is 9.15. The molecule has 0 aromatic heterocycles. The maximum absolute atomic E-state index is 13.3. The van der Waals surface area contributed by atoms with Gasteiger partial charge in [0.1, 0.15) is 36.3 Å². The van der Waals surface area contributed by atoms with Gasteiger partial charge in [0, 0.05) is 13.0 Å². The van der Waals surface area contributed by atoms with Crippen molar-refractivity contribution in [3.63, 3.8) is 0 Å². The summed E-state index contributed by atoms with van der Waals surface area (Å²) in [6.07, 6.45) is 1.85. The molecule has 0 aliphatic carbocycles. The lowest BCUT2D eigenvalue weighted by Gasteiger charge is -2.26. The molecule has 1 heterocycles. The van der Waals surface area contributed by atoms with Crippen LogP contribution in [-0.4, -0.2) is 138 Å². The van der Waals surface area contributed by atoms with Crippen LogP contribution in [0.3, 0.4) is 0 Å². The van der Waals surface area contributed by atoms with Crippen molar-refractivity contribution in [2.75, 3.05) is 32.7 Å². The molecule has 58 heavy (non-hydrogen) atoms. The van der Waals surface area contributed by atoms with Gasteiger partial charge < -0.3 is 64.4 Å². The first-order chi connectivity index (χ1) is 27.2. The number of carboxylic acids is 1.